The maximum Gasteiger partial charge on any atom is 0.169 e. The molecular formula is C16H12O3. The molecule has 0 unspecified atom stereocenters. The zero-order chi connectivity index (χ0) is 13.2. The van der Waals surface area contributed by atoms with Crippen LogP contribution in [0.5, 0.6) is 23.0 Å². The summed E-state index contributed by atoms with van der Waals surface area (Å²) >= 11 is 0. The first-order valence-electron chi connectivity index (χ1n) is 5.91. The molecule has 94 valence electrons. The molecular weight excluding hydrogens is 240 g/mol. The molecule has 0 fully saturated rings. The zero-order valence-electron chi connectivity index (χ0n) is 10.1. The minimum Gasteiger partial charge on any atom is -0.508 e. The Morgan fingerprint density at radius 1 is 0.789 bits per heavy atom. The molecule has 0 radical (unpaired) electrons. The zero-order valence-corrected chi connectivity index (χ0v) is 10.1. The molecule has 0 heterocycles. The number of ether oxygens (including phenoxy) is 1. The topological polar surface area (TPSA) is 49.7 Å². The Bertz CT molecular complexity index is 721. The van der Waals surface area contributed by atoms with Gasteiger partial charge in [0.1, 0.15) is 11.5 Å². The van der Waals surface area contributed by atoms with Crippen LogP contribution in [0.15, 0.2) is 60.7 Å². The first-order valence-corrected chi connectivity index (χ1v) is 5.91. The van der Waals surface area contributed by atoms with Gasteiger partial charge in [0.2, 0.25) is 0 Å². The first-order chi connectivity index (χ1) is 9.24. The maximum absolute atomic E-state index is 10.2. The van der Waals surface area contributed by atoms with Crippen molar-refractivity contribution in [2.45, 2.75) is 0 Å². The average molecular weight is 252 g/mol. The van der Waals surface area contributed by atoms with Crippen LogP contribution < -0.4 is 4.74 Å². The number of benzene rings is 3. The van der Waals surface area contributed by atoms with Gasteiger partial charge in [-0.1, -0.05) is 24.3 Å². The van der Waals surface area contributed by atoms with E-state index in [9.17, 15) is 10.2 Å². The van der Waals surface area contributed by atoms with Gasteiger partial charge in [-0.2, -0.15) is 0 Å². The number of aromatic hydroxyl groups is 2. The molecule has 0 saturated carbocycles. The van der Waals surface area contributed by atoms with E-state index in [0.717, 1.165) is 5.39 Å². The molecule has 0 aliphatic carbocycles. The van der Waals surface area contributed by atoms with Crippen molar-refractivity contribution in [3.8, 4) is 23.0 Å². The van der Waals surface area contributed by atoms with Gasteiger partial charge in [0, 0.05) is 5.39 Å². The molecule has 3 heteroatoms. The maximum atomic E-state index is 10.2. The van der Waals surface area contributed by atoms with Crippen LogP contribution in [-0.4, -0.2) is 10.2 Å². The van der Waals surface area contributed by atoms with Gasteiger partial charge in [0.15, 0.2) is 11.5 Å². The standard InChI is InChI=1S/C16H12O3/c17-12-7-8-14-11(10-12)6-9-15(16(14)18)19-13-4-2-1-3-5-13/h1-10,17-18H. The van der Waals surface area contributed by atoms with Crippen LogP contribution >= 0.6 is 0 Å². The van der Waals surface area contributed by atoms with Crippen LogP contribution in [0.25, 0.3) is 10.8 Å². The Balaban J connectivity index is 2.06. The Morgan fingerprint density at radius 2 is 1.58 bits per heavy atom. The van der Waals surface area contributed by atoms with Crippen molar-refractivity contribution in [1.82, 2.24) is 0 Å². The average Bonchev–Trinajstić information content (AvgIpc) is 2.43. The van der Waals surface area contributed by atoms with Crippen LogP contribution in [0, 0.1) is 0 Å². The van der Waals surface area contributed by atoms with E-state index in [0.29, 0.717) is 16.9 Å². The summed E-state index contributed by atoms with van der Waals surface area (Å²) in [6.07, 6.45) is 0. The van der Waals surface area contributed by atoms with Crippen LogP contribution in [0.4, 0.5) is 0 Å². The van der Waals surface area contributed by atoms with Gasteiger partial charge in [-0.15, -0.1) is 0 Å². The van der Waals surface area contributed by atoms with E-state index in [4.69, 9.17) is 4.74 Å². The second kappa shape index (κ2) is 4.53. The minimum atomic E-state index is 0.0707. The fraction of sp³-hybridized carbons (Fsp3) is 0. The molecule has 0 aliphatic heterocycles. The Labute approximate surface area is 110 Å². The van der Waals surface area contributed by atoms with Gasteiger partial charge in [-0.3, -0.25) is 0 Å². The van der Waals surface area contributed by atoms with Crippen molar-refractivity contribution < 1.29 is 14.9 Å². The molecule has 3 nitrogen and oxygen atoms in total. The van der Waals surface area contributed by atoms with Gasteiger partial charge in [0.25, 0.3) is 0 Å². The van der Waals surface area contributed by atoms with Gasteiger partial charge in [0.05, 0.1) is 0 Å². The third-order valence-electron chi connectivity index (χ3n) is 2.91. The molecule has 3 aromatic rings. The van der Waals surface area contributed by atoms with Crippen molar-refractivity contribution in [2.75, 3.05) is 0 Å². The molecule has 0 aromatic heterocycles. The van der Waals surface area contributed by atoms with Crippen LogP contribution in [0.3, 0.4) is 0 Å². The molecule has 19 heavy (non-hydrogen) atoms. The smallest absolute Gasteiger partial charge is 0.169 e. The number of para-hydroxylation sites is 1. The van der Waals surface area contributed by atoms with E-state index in [1.165, 1.54) is 6.07 Å². The van der Waals surface area contributed by atoms with Crippen molar-refractivity contribution in [1.29, 1.82) is 0 Å². The van der Waals surface area contributed by atoms with E-state index in [2.05, 4.69) is 0 Å². The van der Waals surface area contributed by atoms with Gasteiger partial charge in [-0.05, 0) is 41.8 Å². The summed E-state index contributed by atoms with van der Waals surface area (Å²) in [5, 5.41) is 21.0. The van der Waals surface area contributed by atoms with Crippen molar-refractivity contribution in [2.24, 2.45) is 0 Å². The van der Waals surface area contributed by atoms with E-state index in [-0.39, 0.29) is 11.5 Å². The van der Waals surface area contributed by atoms with Crippen LogP contribution in [0.2, 0.25) is 0 Å². The van der Waals surface area contributed by atoms with Crippen molar-refractivity contribution in [3.05, 3.63) is 60.7 Å². The minimum absolute atomic E-state index is 0.0707. The SMILES string of the molecule is Oc1ccc2c(O)c(Oc3ccccc3)ccc2c1. The highest BCUT2D eigenvalue weighted by molar-refractivity contribution is 5.91. The molecule has 3 aromatic carbocycles. The highest BCUT2D eigenvalue weighted by Crippen LogP contribution is 2.37. The van der Waals surface area contributed by atoms with Crippen LogP contribution in [-0.2, 0) is 0 Å². The van der Waals surface area contributed by atoms with Crippen LogP contribution in [0.1, 0.15) is 0 Å². The number of rotatable bonds is 2. The Hall–Kier alpha value is -2.68. The van der Waals surface area contributed by atoms with Gasteiger partial charge in [-0.25, -0.2) is 0 Å². The van der Waals surface area contributed by atoms with E-state index >= 15 is 0 Å². The summed E-state index contributed by atoms with van der Waals surface area (Å²) in [6.45, 7) is 0. The lowest BCUT2D eigenvalue weighted by Crippen LogP contribution is -1.85. The molecule has 0 saturated heterocycles. The number of hydrogen-bond acceptors (Lipinski definition) is 3. The number of fused-ring (bicyclic) bond motifs is 1. The summed E-state index contributed by atoms with van der Waals surface area (Å²) in [7, 11) is 0. The van der Waals surface area contributed by atoms with Crippen molar-refractivity contribution in [3.63, 3.8) is 0 Å². The number of phenolic OH excluding ortho intramolecular Hbond substituents is 2. The lowest BCUT2D eigenvalue weighted by Gasteiger charge is -2.09. The lowest BCUT2D eigenvalue weighted by molar-refractivity contribution is 0.415. The highest BCUT2D eigenvalue weighted by Gasteiger charge is 2.08. The summed E-state index contributed by atoms with van der Waals surface area (Å²) in [6, 6.07) is 17.6. The fourth-order valence-corrected chi connectivity index (χ4v) is 1.98. The monoisotopic (exact) mass is 252 g/mol. The van der Waals surface area contributed by atoms with Crippen molar-refractivity contribution >= 4 is 10.8 Å². The first kappa shape index (κ1) is 11.4. The molecule has 0 amide bonds. The number of hydrogen-bond donors (Lipinski definition) is 2. The van der Waals surface area contributed by atoms with E-state index in [1.807, 2.05) is 30.3 Å². The molecule has 0 spiro atoms. The molecule has 0 atom stereocenters. The summed E-state index contributed by atoms with van der Waals surface area (Å²) in [4.78, 5) is 0. The summed E-state index contributed by atoms with van der Waals surface area (Å²) < 4.78 is 5.63. The molecule has 3 rings (SSSR count). The highest BCUT2D eigenvalue weighted by atomic mass is 16.5. The van der Waals surface area contributed by atoms with E-state index < -0.39 is 0 Å². The predicted octanol–water partition coefficient (Wildman–Crippen LogP) is 4.04. The van der Waals surface area contributed by atoms with Gasteiger partial charge < -0.3 is 14.9 Å². The lowest BCUT2D eigenvalue weighted by atomic mass is 10.1. The van der Waals surface area contributed by atoms with Gasteiger partial charge >= 0.3 is 0 Å². The summed E-state index contributed by atoms with van der Waals surface area (Å²) in [5.74, 6) is 1.30. The number of phenols is 2. The Morgan fingerprint density at radius 3 is 2.37 bits per heavy atom. The molecule has 2 N–H and O–H groups in total. The molecule has 0 bridgehead atoms. The normalized spacial score (nSPS) is 10.5. The second-order valence-electron chi connectivity index (χ2n) is 4.23. The third kappa shape index (κ3) is 2.18. The fourth-order valence-electron chi connectivity index (χ4n) is 1.98. The molecule has 0 aliphatic rings. The Kier molecular flexibility index (Phi) is 2.72. The summed E-state index contributed by atoms with van der Waals surface area (Å²) in [5.41, 5.74) is 0. The third-order valence-corrected chi connectivity index (χ3v) is 2.91. The largest absolute Gasteiger partial charge is 0.508 e. The second-order valence-corrected chi connectivity index (χ2v) is 4.23. The predicted molar refractivity (Wildman–Crippen MR) is 73.8 cm³/mol. The van der Waals surface area contributed by atoms with E-state index in [1.54, 1.807) is 24.3 Å². The quantitative estimate of drug-likeness (QED) is 0.723.